The second-order valence-electron chi connectivity index (χ2n) is 13.5. The summed E-state index contributed by atoms with van der Waals surface area (Å²) in [5.74, 6) is 2.31. The maximum absolute atomic E-state index is 11.6. The van der Waals surface area contributed by atoms with E-state index in [1.54, 1.807) is 0 Å². The Kier molecular flexibility index (Phi) is 8.14. The highest BCUT2D eigenvalue weighted by Gasteiger charge is 2.63. The first-order valence-electron chi connectivity index (χ1n) is 14.1. The summed E-state index contributed by atoms with van der Waals surface area (Å²) in [6.45, 7) is 14.0. The summed E-state index contributed by atoms with van der Waals surface area (Å²) in [6, 6.07) is 0. The predicted molar refractivity (Wildman–Crippen MR) is 146 cm³/mol. The molecule has 0 radical (unpaired) electrons. The summed E-state index contributed by atoms with van der Waals surface area (Å²) in [5, 5.41) is 0. The van der Waals surface area contributed by atoms with Crippen LogP contribution in [0.15, 0.2) is 23.3 Å². The minimum Gasteiger partial charge on any atom is -0.264 e. The van der Waals surface area contributed by atoms with Gasteiger partial charge in [-0.1, -0.05) is 84.1 Å². The second-order valence-corrected chi connectivity index (χ2v) is 15.6. The van der Waals surface area contributed by atoms with Gasteiger partial charge < -0.3 is 0 Å². The smallest absolute Gasteiger partial charge is 0.264 e. The van der Waals surface area contributed by atoms with Crippen molar-refractivity contribution in [3.8, 4) is 0 Å². The van der Waals surface area contributed by atoms with Gasteiger partial charge in [0.15, 0.2) is 0 Å². The molecule has 10 heteroatoms. The summed E-state index contributed by atoms with van der Waals surface area (Å²) >= 11 is 0. The number of allylic oxidation sites excluding steroid dienone is 3. The first-order chi connectivity index (χ1) is 17.4. The average molecular weight is 575 g/mol. The van der Waals surface area contributed by atoms with Crippen molar-refractivity contribution in [3.05, 3.63) is 23.3 Å². The highest BCUT2D eigenvalue weighted by atomic mass is 32.3. The minimum atomic E-state index is -4.87. The molecule has 0 spiro atoms. The molecule has 4 aliphatic carbocycles. The van der Waals surface area contributed by atoms with Crippen LogP contribution < -0.4 is 0 Å². The first kappa shape index (κ1) is 30.2. The van der Waals surface area contributed by atoms with Crippen molar-refractivity contribution in [2.45, 2.75) is 112 Å². The largest absolute Gasteiger partial charge is 0.397 e. The van der Waals surface area contributed by atoms with Gasteiger partial charge in [-0.2, -0.15) is 16.8 Å². The van der Waals surface area contributed by atoms with Crippen molar-refractivity contribution in [3.63, 3.8) is 0 Å². The average Bonchev–Trinajstić information content (AvgIpc) is 3.03. The quantitative estimate of drug-likeness (QED) is 0.242. The van der Waals surface area contributed by atoms with Crippen LogP contribution in [0.2, 0.25) is 0 Å². The van der Waals surface area contributed by atoms with Crippen molar-refractivity contribution in [2.24, 2.45) is 39.9 Å². The van der Waals surface area contributed by atoms with Gasteiger partial charge in [0, 0.05) is 5.41 Å². The van der Waals surface area contributed by atoms with E-state index in [-0.39, 0.29) is 29.6 Å². The van der Waals surface area contributed by atoms with E-state index in [2.05, 4.69) is 53.7 Å². The molecule has 0 heterocycles. The fraction of sp³-hybridized carbons (Fsp3) is 0.857. The van der Waals surface area contributed by atoms with Gasteiger partial charge in [-0.15, -0.1) is 0 Å². The maximum Gasteiger partial charge on any atom is 0.397 e. The Balaban J connectivity index is 1.64. The van der Waals surface area contributed by atoms with Crippen molar-refractivity contribution in [1.29, 1.82) is 0 Å². The van der Waals surface area contributed by atoms with Crippen LogP contribution in [0.25, 0.3) is 0 Å². The molecule has 38 heavy (non-hydrogen) atoms. The molecule has 0 aromatic rings. The molecule has 2 fully saturated rings. The zero-order valence-corrected chi connectivity index (χ0v) is 25.3. The lowest BCUT2D eigenvalue weighted by molar-refractivity contribution is -0.0295. The van der Waals surface area contributed by atoms with E-state index < -0.39 is 38.4 Å². The molecule has 4 aliphatic rings. The molecule has 0 aromatic heterocycles. The van der Waals surface area contributed by atoms with Crippen LogP contribution in [0.1, 0.15) is 99.3 Å². The number of fused-ring (bicyclic) bond motifs is 5. The number of rotatable bonds is 9. The Labute approximate surface area is 229 Å². The normalized spacial score (nSPS) is 40.1. The maximum atomic E-state index is 11.6. The lowest BCUT2D eigenvalue weighted by atomic mass is 9.45. The predicted octanol–water partition coefficient (Wildman–Crippen LogP) is 6.32. The fourth-order valence-electron chi connectivity index (χ4n) is 8.82. The Bertz CT molecular complexity index is 1190. The third-order valence-corrected chi connectivity index (χ3v) is 12.0. The molecule has 8 atom stereocenters. The summed E-state index contributed by atoms with van der Waals surface area (Å²) in [6.07, 6.45) is 10.2. The lowest BCUT2D eigenvalue weighted by Gasteiger charge is -2.59. The van der Waals surface area contributed by atoms with Crippen LogP contribution in [0.3, 0.4) is 0 Å². The highest BCUT2D eigenvalue weighted by molar-refractivity contribution is 7.81. The summed E-state index contributed by atoms with van der Waals surface area (Å²) < 4.78 is 74.8. The Morgan fingerprint density at radius 1 is 0.947 bits per heavy atom. The van der Waals surface area contributed by atoms with Gasteiger partial charge in [0.1, 0.15) is 12.2 Å². The molecular weight excluding hydrogens is 528 g/mol. The van der Waals surface area contributed by atoms with E-state index in [0.29, 0.717) is 11.8 Å². The molecule has 8 nitrogen and oxygen atoms in total. The van der Waals surface area contributed by atoms with E-state index in [1.165, 1.54) is 31.3 Å². The monoisotopic (exact) mass is 574 g/mol. The van der Waals surface area contributed by atoms with Crippen LogP contribution in [-0.2, 0) is 29.2 Å². The third-order valence-electron chi connectivity index (χ3n) is 11.0. The van der Waals surface area contributed by atoms with Crippen LogP contribution in [-0.4, -0.2) is 38.1 Å². The molecule has 0 amide bonds. The van der Waals surface area contributed by atoms with Gasteiger partial charge in [0.2, 0.25) is 0 Å². The van der Waals surface area contributed by atoms with Gasteiger partial charge in [0.25, 0.3) is 0 Å². The van der Waals surface area contributed by atoms with Crippen LogP contribution in [0, 0.1) is 39.9 Å². The van der Waals surface area contributed by atoms with Gasteiger partial charge >= 0.3 is 20.8 Å². The molecule has 0 bridgehead atoms. The van der Waals surface area contributed by atoms with Gasteiger partial charge in [-0.05, 0) is 73.0 Å². The van der Waals surface area contributed by atoms with Crippen molar-refractivity contribution in [1.82, 2.24) is 0 Å². The zero-order valence-electron chi connectivity index (χ0n) is 23.6. The Morgan fingerprint density at radius 2 is 1.58 bits per heavy atom. The van der Waals surface area contributed by atoms with Crippen LogP contribution >= 0.6 is 0 Å². The van der Waals surface area contributed by atoms with E-state index in [9.17, 15) is 25.9 Å². The second kappa shape index (κ2) is 10.2. The molecule has 218 valence electrons. The van der Waals surface area contributed by atoms with Crippen molar-refractivity contribution < 1.29 is 34.3 Å². The zero-order chi connectivity index (χ0) is 28.3. The molecule has 2 N–H and O–H groups in total. The highest BCUT2D eigenvalue weighted by Crippen LogP contribution is 2.71. The Hall–Kier alpha value is -0.780. The molecule has 0 aromatic carbocycles. The third kappa shape index (κ3) is 5.55. The summed E-state index contributed by atoms with van der Waals surface area (Å²) in [4.78, 5) is 0. The number of hydrogen-bond donors (Lipinski definition) is 2. The van der Waals surface area contributed by atoms with Crippen molar-refractivity contribution >= 4 is 20.8 Å². The standard InChI is InChI=1S/C28H46O8S2/c1-18(2)8-7-9-19(3)21-12-14-28(6)23-11-10-20-16-24(35-37(29,30)31)25(36-38(32,33)34)17-26(20,4)22(23)13-15-27(21,28)5/h10,13,18-19,21,23-25H,7-9,11-12,14-17H2,1-6H3,(H,29,30,31)(H,32,33,34). The summed E-state index contributed by atoms with van der Waals surface area (Å²) in [7, 11) is -9.71. The molecule has 4 rings (SSSR count). The van der Waals surface area contributed by atoms with Gasteiger partial charge in [-0.25, -0.2) is 8.37 Å². The van der Waals surface area contributed by atoms with E-state index in [1.807, 2.05) is 0 Å². The van der Waals surface area contributed by atoms with Gasteiger partial charge in [0.05, 0.1) is 0 Å². The van der Waals surface area contributed by atoms with Gasteiger partial charge in [-0.3, -0.25) is 9.11 Å². The first-order valence-corrected chi connectivity index (χ1v) is 16.8. The minimum absolute atomic E-state index is 0.0836. The lowest BCUT2D eigenvalue weighted by Crippen LogP contribution is -2.53. The Morgan fingerprint density at radius 3 is 2.18 bits per heavy atom. The fourth-order valence-corrected chi connectivity index (χ4v) is 9.83. The van der Waals surface area contributed by atoms with E-state index in [0.717, 1.165) is 30.8 Å². The number of hydrogen-bond acceptors (Lipinski definition) is 6. The SMILES string of the molecule is CC(C)CCCC(C)C1CCC2(C)C3CC=C4CC(OS(=O)(=O)O)C(OS(=O)(=O)O)CC4(C)C3=CCC12C. The summed E-state index contributed by atoms with van der Waals surface area (Å²) in [5.41, 5.74) is 1.92. The molecule has 8 unspecified atom stereocenters. The van der Waals surface area contributed by atoms with E-state index >= 15 is 0 Å². The molecule has 0 saturated heterocycles. The van der Waals surface area contributed by atoms with E-state index in [4.69, 9.17) is 8.37 Å². The molecule has 2 saturated carbocycles. The van der Waals surface area contributed by atoms with Crippen LogP contribution in [0.4, 0.5) is 0 Å². The van der Waals surface area contributed by atoms with Crippen molar-refractivity contribution in [2.75, 3.05) is 0 Å². The van der Waals surface area contributed by atoms with Crippen LogP contribution in [0.5, 0.6) is 0 Å². The molecular formula is C28H46O8S2. The molecule has 0 aliphatic heterocycles. The topological polar surface area (TPSA) is 127 Å².